The van der Waals surface area contributed by atoms with Gasteiger partial charge in [0, 0.05) is 11.4 Å². The molecule has 0 fully saturated rings. The topological polar surface area (TPSA) is 95.9 Å². The lowest BCUT2D eigenvalue weighted by molar-refractivity contribution is -0.147. The fourth-order valence-electron chi connectivity index (χ4n) is 3.10. The molecule has 28 heavy (non-hydrogen) atoms. The molecule has 0 radical (unpaired) electrons. The van der Waals surface area contributed by atoms with Crippen LogP contribution in [-0.2, 0) is 14.3 Å². The number of nitrogens with zero attached hydrogens (tertiary/aromatic N) is 1. The second-order valence-corrected chi connectivity index (χ2v) is 6.41. The number of amides is 1. The first kappa shape index (κ1) is 19.2. The molecule has 7 heteroatoms. The lowest BCUT2D eigenvalue weighted by atomic mass is 10.0. The number of anilines is 2. The average molecular weight is 380 g/mol. The Hall–Kier alpha value is -3.61. The summed E-state index contributed by atoms with van der Waals surface area (Å²) in [5, 5.41) is 12.1. The number of nitrogens with one attached hydrogen (secondary N) is 1. The molecule has 2 aromatic rings. The number of carbonyl (C=O) groups is 3. The van der Waals surface area contributed by atoms with Crippen molar-refractivity contribution in [2.45, 2.75) is 19.4 Å². The van der Waals surface area contributed by atoms with E-state index < -0.39 is 23.4 Å². The summed E-state index contributed by atoms with van der Waals surface area (Å²) in [7, 11) is 0. The Kier molecular flexibility index (Phi) is 5.17. The van der Waals surface area contributed by atoms with Crippen molar-refractivity contribution in [3.63, 3.8) is 0 Å². The van der Waals surface area contributed by atoms with Gasteiger partial charge < -0.3 is 15.2 Å². The van der Waals surface area contributed by atoms with Crippen molar-refractivity contribution >= 4 is 29.2 Å². The van der Waals surface area contributed by atoms with Crippen molar-refractivity contribution < 1.29 is 24.2 Å². The molecule has 1 amide bonds. The number of para-hydroxylation sites is 1. The van der Waals surface area contributed by atoms with Gasteiger partial charge in [-0.15, -0.1) is 0 Å². The van der Waals surface area contributed by atoms with Crippen LogP contribution in [0.4, 0.5) is 11.4 Å². The number of carboxylic acids is 1. The lowest BCUT2D eigenvalue weighted by Gasteiger charge is -2.32. The van der Waals surface area contributed by atoms with Crippen molar-refractivity contribution in [3.05, 3.63) is 71.9 Å². The predicted molar refractivity (Wildman–Crippen MR) is 104 cm³/mol. The number of aromatic carboxylic acids is 1. The lowest BCUT2D eigenvalue weighted by Crippen LogP contribution is -2.51. The van der Waals surface area contributed by atoms with E-state index in [1.807, 2.05) is 6.07 Å². The first-order valence-corrected chi connectivity index (χ1v) is 8.77. The van der Waals surface area contributed by atoms with Gasteiger partial charge >= 0.3 is 11.9 Å². The summed E-state index contributed by atoms with van der Waals surface area (Å²) in [5.74, 6) is -2.04. The third-order valence-electron chi connectivity index (χ3n) is 4.42. The van der Waals surface area contributed by atoms with E-state index in [2.05, 4.69) is 5.32 Å². The summed E-state index contributed by atoms with van der Waals surface area (Å²) in [6.45, 7) is 3.49. The van der Waals surface area contributed by atoms with Crippen LogP contribution in [0.2, 0.25) is 0 Å². The summed E-state index contributed by atoms with van der Waals surface area (Å²) in [6.07, 6.45) is 1.51. The molecule has 7 nitrogen and oxygen atoms in total. The highest BCUT2D eigenvalue weighted by molar-refractivity contribution is 6.16. The molecule has 0 spiro atoms. The molecule has 2 aromatic carbocycles. The number of carbonyl (C=O) groups excluding carboxylic acids is 2. The number of rotatable bonds is 6. The molecule has 1 atom stereocenters. The molecule has 2 N–H and O–H groups in total. The minimum Gasteiger partial charge on any atom is -0.478 e. The van der Waals surface area contributed by atoms with Crippen LogP contribution >= 0.6 is 0 Å². The van der Waals surface area contributed by atoms with E-state index in [9.17, 15) is 14.4 Å². The number of benzene rings is 2. The van der Waals surface area contributed by atoms with E-state index in [-0.39, 0.29) is 17.9 Å². The first-order chi connectivity index (χ1) is 13.4. The second kappa shape index (κ2) is 7.56. The molecule has 0 saturated heterocycles. The number of ether oxygens (including phenoxy) is 1. The molecule has 1 heterocycles. The van der Waals surface area contributed by atoms with Gasteiger partial charge in [-0.3, -0.25) is 9.69 Å². The molecular formula is C21H20N2O5. The number of esters is 1. The Bertz CT molecular complexity index is 954. The zero-order chi connectivity index (χ0) is 20.3. The van der Waals surface area contributed by atoms with Crippen LogP contribution in [0.1, 0.15) is 24.2 Å². The van der Waals surface area contributed by atoms with E-state index >= 15 is 0 Å². The van der Waals surface area contributed by atoms with Gasteiger partial charge in [0.15, 0.2) is 5.54 Å². The highest BCUT2D eigenvalue weighted by atomic mass is 16.5. The van der Waals surface area contributed by atoms with E-state index in [1.54, 1.807) is 50.2 Å². The molecule has 0 aliphatic carbocycles. The van der Waals surface area contributed by atoms with Crippen LogP contribution < -0.4 is 10.2 Å². The van der Waals surface area contributed by atoms with Gasteiger partial charge in [-0.2, -0.15) is 0 Å². The molecule has 1 aliphatic rings. The first-order valence-electron chi connectivity index (χ1n) is 8.77. The van der Waals surface area contributed by atoms with Gasteiger partial charge in [-0.1, -0.05) is 24.3 Å². The summed E-state index contributed by atoms with van der Waals surface area (Å²) in [4.78, 5) is 38.3. The molecule has 0 bridgehead atoms. The number of hydrogen-bond acceptors (Lipinski definition) is 5. The molecule has 0 saturated carbocycles. The summed E-state index contributed by atoms with van der Waals surface area (Å²) >= 11 is 0. The second-order valence-electron chi connectivity index (χ2n) is 6.41. The highest BCUT2D eigenvalue weighted by Crippen LogP contribution is 2.35. The standard InChI is InChI=1S/C21H20N2O5/c1-3-28-20(27)21(2)13-17(18(24)23(21)16-10-5-4-6-11-16)22-15-9-7-8-14(12-15)19(25)26/h4-13,22H,3H2,1-2H3,(H,25,26)/t21-/m1/s1. The van der Waals surface area contributed by atoms with E-state index in [0.717, 1.165) is 0 Å². The summed E-state index contributed by atoms with van der Waals surface area (Å²) < 4.78 is 5.20. The Morgan fingerprint density at radius 1 is 1.14 bits per heavy atom. The Labute approximate surface area is 162 Å². The quantitative estimate of drug-likeness (QED) is 0.748. The van der Waals surface area contributed by atoms with Crippen molar-refractivity contribution in [1.29, 1.82) is 0 Å². The van der Waals surface area contributed by atoms with E-state index in [1.165, 1.54) is 23.1 Å². The Morgan fingerprint density at radius 2 is 1.86 bits per heavy atom. The van der Waals surface area contributed by atoms with Crippen molar-refractivity contribution in [2.24, 2.45) is 0 Å². The van der Waals surface area contributed by atoms with Crippen LogP contribution in [0, 0.1) is 0 Å². The molecule has 0 aromatic heterocycles. The van der Waals surface area contributed by atoms with Crippen LogP contribution in [0.25, 0.3) is 0 Å². The third-order valence-corrected chi connectivity index (χ3v) is 4.42. The summed E-state index contributed by atoms with van der Waals surface area (Å²) in [5.41, 5.74) is -0.0941. The van der Waals surface area contributed by atoms with Crippen LogP contribution in [0.3, 0.4) is 0 Å². The summed E-state index contributed by atoms with van der Waals surface area (Å²) in [6, 6.07) is 14.9. The zero-order valence-corrected chi connectivity index (χ0v) is 15.5. The third kappa shape index (κ3) is 3.46. The fourth-order valence-corrected chi connectivity index (χ4v) is 3.10. The van der Waals surface area contributed by atoms with Crippen molar-refractivity contribution in [1.82, 2.24) is 0 Å². The van der Waals surface area contributed by atoms with Crippen molar-refractivity contribution in [3.8, 4) is 0 Å². The monoisotopic (exact) mass is 380 g/mol. The van der Waals surface area contributed by atoms with Crippen LogP contribution in [0.15, 0.2) is 66.4 Å². The Balaban J connectivity index is 2.00. The SMILES string of the molecule is CCOC(=O)[C@@]1(C)C=C(Nc2cccc(C(=O)O)c2)C(=O)N1c1ccccc1. The number of carboxylic acid groups (broad SMARTS) is 1. The fraction of sp³-hybridized carbons (Fsp3) is 0.190. The largest absolute Gasteiger partial charge is 0.478 e. The zero-order valence-electron chi connectivity index (χ0n) is 15.5. The van der Waals surface area contributed by atoms with Gasteiger partial charge in [0.1, 0.15) is 5.70 Å². The van der Waals surface area contributed by atoms with E-state index in [0.29, 0.717) is 11.4 Å². The minimum absolute atomic E-state index is 0.0871. The smallest absolute Gasteiger partial charge is 0.336 e. The van der Waals surface area contributed by atoms with Gasteiger partial charge in [-0.25, -0.2) is 9.59 Å². The maximum absolute atomic E-state index is 13.1. The van der Waals surface area contributed by atoms with Crippen LogP contribution in [0.5, 0.6) is 0 Å². The average Bonchev–Trinajstić information content (AvgIpc) is 2.94. The normalized spacial score (nSPS) is 18.6. The minimum atomic E-state index is -1.33. The van der Waals surface area contributed by atoms with Crippen LogP contribution in [-0.4, -0.2) is 35.1 Å². The molecular weight excluding hydrogens is 360 g/mol. The van der Waals surface area contributed by atoms with Gasteiger partial charge in [0.2, 0.25) is 0 Å². The molecule has 144 valence electrons. The van der Waals surface area contributed by atoms with Crippen molar-refractivity contribution in [2.75, 3.05) is 16.8 Å². The molecule has 1 aliphatic heterocycles. The van der Waals surface area contributed by atoms with Gasteiger partial charge in [0.05, 0.1) is 12.2 Å². The molecule has 0 unspecified atom stereocenters. The number of hydrogen-bond donors (Lipinski definition) is 2. The van der Waals surface area contributed by atoms with E-state index in [4.69, 9.17) is 9.84 Å². The van der Waals surface area contributed by atoms with Gasteiger partial charge in [-0.05, 0) is 50.3 Å². The molecule has 3 rings (SSSR count). The Morgan fingerprint density at radius 3 is 2.50 bits per heavy atom. The predicted octanol–water partition coefficient (Wildman–Crippen LogP) is 3.05. The maximum Gasteiger partial charge on any atom is 0.336 e. The highest BCUT2D eigenvalue weighted by Gasteiger charge is 2.49. The maximum atomic E-state index is 13.1. The van der Waals surface area contributed by atoms with Gasteiger partial charge in [0.25, 0.3) is 5.91 Å².